The molecule has 0 amide bonds. The fourth-order valence-electron chi connectivity index (χ4n) is 5.95. The molecule has 1 heterocycles. The van der Waals surface area contributed by atoms with Gasteiger partial charge in [-0.15, -0.1) is 0 Å². The second-order valence-corrected chi connectivity index (χ2v) is 14.0. The summed E-state index contributed by atoms with van der Waals surface area (Å²) in [6.45, 7) is 0. The van der Waals surface area contributed by atoms with Crippen LogP contribution in [0, 0.1) is 70.0 Å². The maximum atomic E-state index is 9.78. The molecule has 7 aromatic rings. The molecule has 0 N–H and O–H groups in total. The van der Waals surface area contributed by atoms with E-state index in [0.29, 0.717) is 11.4 Å². The maximum absolute atomic E-state index is 9.78. The maximum Gasteiger partial charge on any atom is 0.177 e. The smallest absolute Gasteiger partial charge is 0.177 e. The molecule has 0 unspecified atom stereocenters. The molecule has 0 aliphatic carbocycles. The van der Waals surface area contributed by atoms with Crippen molar-refractivity contribution in [3.05, 3.63) is 201 Å². The Balaban J connectivity index is 1.04. The van der Waals surface area contributed by atoms with E-state index in [0.717, 1.165) is 67.0 Å². The largest absolute Gasteiger partial charge is 0.378 e. The van der Waals surface area contributed by atoms with Gasteiger partial charge in [-0.25, -0.2) is 9.97 Å². The molecule has 0 aliphatic heterocycles. The van der Waals surface area contributed by atoms with Crippen molar-refractivity contribution in [1.29, 1.82) is 10.5 Å². The molecule has 6 heteroatoms. The van der Waals surface area contributed by atoms with Crippen molar-refractivity contribution in [1.82, 2.24) is 9.97 Å². The number of anilines is 2. The van der Waals surface area contributed by atoms with Crippen LogP contribution in [0.2, 0.25) is 0 Å². The molecule has 1 aromatic heterocycles. The van der Waals surface area contributed by atoms with Crippen LogP contribution < -0.4 is 9.80 Å². The summed E-state index contributed by atoms with van der Waals surface area (Å²) in [6.07, 6.45) is 0. The van der Waals surface area contributed by atoms with Gasteiger partial charge in [0, 0.05) is 95.2 Å². The Morgan fingerprint density at radius 2 is 0.517 bits per heavy atom. The third kappa shape index (κ3) is 9.96. The predicted molar refractivity (Wildman–Crippen MR) is 241 cm³/mol. The number of hydrogen-bond donors (Lipinski definition) is 0. The van der Waals surface area contributed by atoms with Crippen molar-refractivity contribution in [2.45, 2.75) is 0 Å². The highest BCUT2D eigenvalue weighted by atomic mass is 15.1. The lowest BCUT2D eigenvalue weighted by Gasteiger charge is -2.11. The van der Waals surface area contributed by atoms with Crippen LogP contribution in [-0.4, -0.2) is 38.2 Å². The Kier molecular flexibility index (Phi) is 12.1. The highest BCUT2D eigenvalue weighted by Gasteiger charge is 2.17. The summed E-state index contributed by atoms with van der Waals surface area (Å²) in [5.41, 5.74) is 11.7. The number of hydrogen-bond acceptors (Lipinski definition) is 6. The van der Waals surface area contributed by atoms with Crippen LogP contribution in [0.5, 0.6) is 0 Å². The zero-order valence-corrected chi connectivity index (χ0v) is 33.5. The molecule has 0 bridgehead atoms. The Bertz CT molecular complexity index is 2800. The van der Waals surface area contributed by atoms with Crippen LogP contribution in [0.15, 0.2) is 146 Å². The number of benzene rings is 6. The van der Waals surface area contributed by atoms with Gasteiger partial charge in [0.1, 0.15) is 12.1 Å². The molecule has 7 rings (SSSR count). The molecule has 0 atom stereocenters. The first-order valence-electron chi connectivity index (χ1n) is 19.0. The molecule has 0 radical (unpaired) electrons. The van der Waals surface area contributed by atoms with E-state index in [4.69, 9.17) is 0 Å². The third-order valence-electron chi connectivity index (χ3n) is 9.37. The van der Waals surface area contributed by atoms with Crippen LogP contribution >= 0.6 is 0 Å². The quantitative estimate of drug-likeness (QED) is 0.166. The summed E-state index contributed by atoms with van der Waals surface area (Å²) in [6, 6.07) is 51.2. The zero-order valence-electron chi connectivity index (χ0n) is 33.5. The average molecular weight is 769 g/mol. The van der Waals surface area contributed by atoms with E-state index in [1.54, 1.807) is 0 Å². The van der Waals surface area contributed by atoms with Crippen LogP contribution in [0.4, 0.5) is 11.4 Å². The van der Waals surface area contributed by atoms with E-state index >= 15 is 0 Å². The van der Waals surface area contributed by atoms with Gasteiger partial charge in [-0.1, -0.05) is 71.6 Å². The van der Waals surface area contributed by atoms with E-state index in [-0.39, 0.29) is 11.4 Å². The second kappa shape index (κ2) is 18.4. The summed E-state index contributed by atoms with van der Waals surface area (Å²) < 4.78 is 0. The molecule has 282 valence electrons. The summed E-state index contributed by atoms with van der Waals surface area (Å²) in [7, 11) is 8.06. The van der Waals surface area contributed by atoms with Crippen molar-refractivity contribution in [3.8, 4) is 82.0 Å². The summed E-state index contributed by atoms with van der Waals surface area (Å²) in [5, 5.41) is 19.6. The van der Waals surface area contributed by atoms with Crippen LogP contribution in [0.25, 0.3) is 22.5 Å². The molecule has 0 aliphatic rings. The first kappa shape index (κ1) is 39.5. The first-order valence-corrected chi connectivity index (χ1v) is 19.0. The molecule has 0 saturated heterocycles. The van der Waals surface area contributed by atoms with Gasteiger partial charge in [0.15, 0.2) is 11.4 Å². The molecule has 0 spiro atoms. The number of nitrogens with zero attached hydrogens (tertiary/aromatic N) is 6. The SMILES string of the molecule is CN(C)c1ccc(C#Cc2ccc(C#Cc3ccc(-c4nc(C#N)c(C#N)nc4-c4ccc(C#Cc5ccc(C#Cc6ccc(N(C)C)cc6)cc5)cc4)cc3)cc2)cc1. The van der Waals surface area contributed by atoms with Gasteiger partial charge in [-0.2, -0.15) is 10.5 Å². The van der Waals surface area contributed by atoms with Gasteiger partial charge in [0.05, 0.1) is 11.4 Å². The molecule has 0 saturated carbocycles. The average Bonchev–Trinajstić information content (AvgIpc) is 3.29. The van der Waals surface area contributed by atoms with E-state index in [1.807, 2.05) is 162 Å². The predicted octanol–water partition coefficient (Wildman–Crippen LogP) is 9.29. The van der Waals surface area contributed by atoms with E-state index in [1.165, 1.54) is 0 Å². The summed E-state index contributed by atoms with van der Waals surface area (Å²) >= 11 is 0. The Hall–Kier alpha value is -8.78. The highest BCUT2D eigenvalue weighted by Crippen LogP contribution is 2.30. The van der Waals surface area contributed by atoms with Gasteiger partial charge < -0.3 is 9.80 Å². The Morgan fingerprint density at radius 1 is 0.317 bits per heavy atom. The van der Waals surface area contributed by atoms with Gasteiger partial charge in [-0.05, 0) is 121 Å². The minimum atomic E-state index is -0.0337. The van der Waals surface area contributed by atoms with Crippen molar-refractivity contribution in [2.24, 2.45) is 0 Å². The molecular formula is C54H36N6. The van der Waals surface area contributed by atoms with Crippen molar-refractivity contribution >= 4 is 11.4 Å². The van der Waals surface area contributed by atoms with E-state index in [2.05, 4.69) is 91.4 Å². The van der Waals surface area contributed by atoms with E-state index < -0.39 is 0 Å². The summed E-state index contributed by atoms with van der Waals surface area (Å²) in [4.78, 5) is 13.3. The molecule has 6 aromatic carbocycles. The van der Waals surface area contributed by atoms with Crippen LogP contribution in [0.3, 0.4) is 0 Å². The zero-order chi connectivity index (χ0) is 41.8. The van der Waals surface area contributed by atoms with Crippen molar-refractivity contribution in [3.63, 3.8) is 0 Å². The third-order valence-corrected chi connectivity index (χ3v) is 9.37. The lowest BCUT2D eigenvalue weighted by Crippen LogP contribution is -2.07. The normalized spacial score (nSPS) is 9.77. The fourth-order valence-corrected chi connectivity index (χ4v) is 5.95. The lowest BCUT2D eigenvalue weighted by molar-refractivity contribution is 1.13. The van der Waals surface area contributed by atoms with Crippen LogP contribution in [0.1, 0.15) is 55.9 Å². The van der Waals surface area contributed by atoms with Crippen molar-refractivity contribution < 1.29 is 0 Å². The van der Waals surface area contributed by atoms with Gasteiger partial charge in [-0.3, -0.25) is 0 Å². The number of rotatable bonds is 4. The summed E-state index contributed by atoms with van der Waals surface area (Å²) in [5.74, 6) is 25.8. The second-order valence-electron chi connectivity index (χ2n) is 14.0. The highest BCUT2D eigenvalue weighted by molar-refractivity contribution is 5.79. The van der Waals surface area contributed by atoms with Crippen LogP contribution in [-0.2, 0) is 0 Å². The standard InChI is InChI=1S/C54H36N6/c1-59(2)49-33-25-45(26-34-49)19-15-41-9-5-39(6-10-41)13-17-43-21-29-47(30-22-43)53-54(58-52(38-56)51(37-55)57-53)48-31-23-44(24-32-48)18-14-40-7-11-42(12-8-40)16-20-46-27-35-50(36-28-46)60(3)4/h5-12,21-36H,1-4H3. The Morgan fingerprint density at radius 3 is 0.717 bits per heavy atom. The monoisotopic (exact) mass is 768 g/mol. The number of nitriles is 2. The molecule has 6 nitrogen and oxygen atoms in total. The topological polar surface area (TPSA) is 79.8 Å². The Labute approximate surface area is 352 Å². The molecular weight excluding hydrogens is 733 g/mol. The van der Waals surface area contributed by atoms with Crippen molar-refractivity contribution in [2.75, 3.05) is 38.0 Å². The molecule has 60 heavy (non-hydrogen) atoms. The molecule has 0 fully saturated rings. The van der Waals surface area contributed by atoms with Gasteiger partial charge >= 0.3 is 0 Å². The van der Waals surface area contributed by atoms with Gasteiger partial charge in [0.25, 0.3) is 0 Å². The lowest BCUT2D eigenvalue weighted by atomic mass is 10.0. The van der Waals surface area contributed by atoms with E-state index in [9.17, 15) is 10.5 Å². The minimum Gasteiger partial charge on any atom is -0.378 e. The van der Waals surface area contributed by atoms with Gasteiger partial charge in [0.2, 0.25) is 0 Å². The number of aromatic nitrogens is 2. The first-order chi connectivity index (χ1) is 29.2. The fraction of sp³-hybridized carbons (Fsp3) is 0.0741. The minimum absolute atomic E-state index is 0.0337.